The fraction of sp³-hybridized carbons (Fsp3) is 0.444. The molecule has 2 aromatic carbocycles. The SMILES string of the molecule is CC(O)C(=O)O.COC(=O)C1=C(C)NC(C)=C(C(=O)OC)C1c1cccc(NC(=O)NCCCN2CCC(c3cccc(OC)c3)CC2)c1. The van der Waals surface area contributed by atoms with E-state index in [4.69, 9.17) is 24.4 Å². The molecule has 0 aliphatic carbocycles. The van der Waals surface area contributed by atoms with Crippen molar-refractivity contribution in [3.8, 4) is 5.75 Å². The second kappa shape index (κ2) is 18.6. The number of amides is 2. The number of aliphatic hydroxyl groups excluding tert-OH is 1. The summed E-state index contributed by atoms with van der Waals surface area (Å²) in [5.41, 5.74) is 4.31. The molecule has 0 aromatic heterocycles. The van der Waals surface area contributed by atoms with Crippen LogP contribution in [0.3, 0.4) is 0 Å². The average Bonchev–Trinajstić information content (AvgIpc) is 3.09. The van der Waals surface area contributed by atoms with E-state index in [1.54, 1.807) is 39.2 Å². The third-order valence-corrected chi connectivity index (χ3v) is 8.50. The Hall–Kier alpha value is -4.88. The number of benzene rings is 2. The number of hydrogen-bond acceptors (Lipinski definition) is 10. The summed E-state index contributed by atoms with van der Waals surface area (Å²) in [5, 5.41) is 24.7. The van der Waals surface area contributed by atoms with E-state index in [9.17, 15) is 19.2 Å². The number of aliphatic hydroxyl groups is 1. The highest BCUT2D eigenvalue weighted by Crippen LogP contribution is 2.40. The number of carbonyl (C=O) groups is 4. The summed E-state index contributed by atoms with van der Waals surface area (Å²) in [6.07, 6.45) is 1.82. The quantitative estimate of drug-likeness (QED) is 0.171. The topological polar surface area (TPSA) is 176 Å². The molecule has 2 heterocycles. The molecule has 266 valence electrons. The zero-order valence-corrected chi connectivity index (χ0v) is 29.0. The Labute approximate surface area is 287 Å². The van der Waals surface area contributed by atoms with Gasteiger partial charge in [0.15, 0.2) is 0 Å². The molecule has 5 N–H and O–H groups in total. The maximum Gasteiger partial charge on any atom is 0.336 e. The standard InChI is InChI=1S/C33H42N4O6.C3H6O3/c1-21-28(31(38)42-4)30(29(22(2)35-21)32(39)43-5)25-10-6-11-26(19-25)36-33(40)34-15-8-16-37-17-13-23(14-18-37)24-9-7-12-27(20-24)41-3;1-2(4)3(5)6/h6-7,9-12,19-20,23,30,35H,8,13-18H2,1-5H3,(H2,34,36,40);2,4H,1H3,(H,5,6). The molecule has 2 aliphatic heterocycles. The zero-order valence-electron chi connectivity index (χ0n) is 29.0. The van der Waals surface area contributed by atoms with E-state index in [-0.39, 0.29) is 6.03 Å². The summed E-state index contributed by atoms with van der Waals surface area (Å²) >= 11 is 0. The maximum absolute atomic E-state index is 12.8. The highest BCUT2D eigenvalue weighted by Gasteiger charge is 2.37. The number of esters is 2. The van der Waals surface area contributed by atoms with Crippen LogP contribution in [0, 0.1) is 0 Å². The van der Waals surface area contributed by atoms with Crippen LogP contribution in [0.1, 0.15) is 63.0 Å². The minimum Gasteiger partial charge on any atom is -0.497 e. The zero-order chi connectivity index (χ0) is 36.1. The van der Waals surface area contributed by atoms with Gasteiger partial charge in [-0.15, -0.1) is 0 Å². The van der Waals surface area contributed by atoms with Gasteiger partial charge in [0.2, 0.25) is 0 Å². The molecule has 13 nitrogen and oxygen atoms in total. The number of rotatable bonds is 11. The van der Waals surface area contributed by atoms with Crippen molar-refractivity contribution in [3.05, 3.63) is 82.2 Å². The molecule has 0 saturated carbocycles. The van der Waals surface area contributed by atoms with Gasteiger partial charge in [-0.25, -0.2) is 19.2 Å². The van der Waals surface area contributed by atoms with Gasteiger partial charge in [0.1, 0.15) is 11.9 Å². The van der Waals surface area contributed by atoms with Gasteiger partial charge in [-0.05, 0) is 101 Å². The van der Waals surface area contributed by atoms with E-state index < -0.39 is 29.9 Å². The lowest BCUT2D eigenvalue weighted by Crippen LogP contribution is -2.36. The Balaban J connectivity index is 0.000000992. The highest BCUT2D eigenvalue weighted by molar-refractivity contribution is 6.00. The Morgan fingerprint density at radius 1 is 0.918 bits per heavy atom. The number of anilines is 1. The fourth-order valence-corrected chi connectivity index (χ4v) is 5.95. The van der Waals surface area contributed by atoms with E-state index in [0.29, 0.717) is 46.3 Å². The number of likely N-dealkylation sites (tertiary alicyclic amines) is 1. The molecule has 0 radical (unpaired) electrons. The van der Waals surface area contributed by atoms with Crippen molar-refractivity contribution in [2.24, 2.45) is 0 Å². The van der Waals surface area contributed by atoms with Gasteiger partial charge in [-0.3, -0.25) is 0 Å². The van der Waals surface area contributed by atoms with Crippen LogP contribution < -0.4 is 20.7 Å². The Morgan fingerprint density at radius 2 is 1.49 bits per heavy atom. The van der Waals surface area contributed by atoms with Gasteiger partial charge in [0.05, 0.1) is 38.4 Å². The van der Waals surface area contributed by atoms with Crippen molar-refractivity contribution in [3.63, 3.8) is 0 Å². The first kappa shape index (κ1) is 38.6. The van der Waals surface area contributed by atoms with Crippen molar-refractivity contribution in [2.75, 3.05) is 52.8 Å². The van der Waals surface area contributed by atoms with Crippen molar-refractivity contribution in [1.82, 2.24) is 15.5 Å². The molecule has 2 amide bonds. The van der Waals surface area contributed by atoms with Crippen LogP contribution in [0.5, 0.6) is 5.75 Å². The van der Waals surface area contributed by atoms with E-state index in [2.05, 4.69) is 39.0 Å². The predicted molar refractivity (Wildman–Crippen MR) is 184 cm³/mol. The molecule has 1 fully saturated rings. The summed E-state index contributed by atoms with van der Waals surface area (Å²) in [5.74, 6) is -1.57. The molecule has 13 heteroatoms. The second-order valence-corrected chi connectivity index (χ2v) is 11.9. The van der Waals surface area contributed by atoms with Gasteiger partial charge < -0.3 is 45.3 Å². The number of dihydropyridines is 1. The van der Waals surface area contributed by atoms with Crippen LogP contribution in [-0.4, -0.2) is 92.7 Å². The largest absolute Gasteiger partial charge is 0.497 e. The lowest BCUT2D eigenvalue weighted by atomic mass is 9.80. The summed E-state index contributed by atoms with van der Waals surface area (Å²) in [4.78, 5) is 50.2. The van der Waals surface area contributed by atoms with Gasteiger partial charge in [-0.1, -0.05) is 24.3 Å². The van der Waals surface area contributed by atoms with Crippen molar-refractivity contribution < 1.29 is 43.6 Å². The summed E-state index contributed by atoms with van der Waals surface area (Å²) in [7, 11) is 4.30. The van der Waals surface area contributed by atoms with Gasteiger partial charge in [-0.2, -0.15) is 0 Å². The third-order valence-electron chi connectivity index (χ3n) is 8.50. The molecule has 0 bridgehead atoms. The first-order valence-electron chi connectivity index (χ1n) is 16.2. The van der Waals surface area contributed by atoms with Crippen molar-refractivity contribution in [1.29, 1.82) is 0 Å². The summed E-state index contributed by atoms with van der Waals surface area (Å²) < 4.78 is 15.4. The van der Waals surface area contributed by atoms with Crippen LogP contribution in [-0.2, 0) is 23.9 Å². The Bertz CT molecular complexity index is 1510. The van der Waals surface area contributed by atoms with Gasteiger partial charge in [0.25, 0.3) is 0 Å². The van der Waals surface area contributed by atoms with Gasteiger partial charge >= 0.3 is 23.9 Å². The number of carboxylic acid groups (broad SMARTS) is 1. The molecular formula is C36H48N4O9. The number of urea groups is 1. The molecule has 1 saturated heterocycles. The number of aliphatic carboxylic acids is 1. The number of allylic oxidation sites excluding steroid dienone is 2. The normalized spacial score (nSPS) is 16.1. The van der Waals surface area contributed by atoms with Crippen LogP contribution in [0.2, 0.25) is 0 Å². The summed E-state index contributed by atoms with van der Waals surface area (Å²) in [6.45, 7) is 8.23. The number of carboxylic acids is 1. The van der Waals surface area contributed by atoms with Crippen molar-refractivity contribution in [2.45, 2.75) is 58.0 Å². The van der Waals surface area contributed by atoms with E-state index >= 15 is 0 Å². The van der Waals surface area contributed by atoms with Crippen molar-refractivity contribution >= 4 is 29.6 Å². The summed E-state index contributed by atoms with van der Waals surface area (Å²) in [6, 6.07) is 15.1. The average molecular weight is 681 g/mol. The first-order valence-corrected chi connectivity index (χ1v) is 16.2. The smallest absolute Gasteiger partial charge is 0.336 e. The Kier molecular flexibility index (Phi) is 14.6. The first-order chi connectivity index (χ1) is 23.4. The molecule has 1 unspecified atom stereocenters. The number of carbonyl (C=O) groups excluding carboxylic acids is 3. The highest BCUT2D eigenvalue weighted by atomic mass is 16.5. The van der Waals surface area contributed by atoms with Gasteiger partial charge in [0, 0.05) is 23.6 Å². The second-order valence-electron chi connectivity index (χ2n) is 11.9. The third kappa shape index (κ3) is 10.8. The molecule has 2 aliphatic rings. The molecular weight excluding hydrogens is 632 g/mol. The Morgan fingerprint density at radius 3 is 2.04 bits per heavy atom. The van der Waals surface area contributed by atoms with Crippen LogP contribution >= 0.6 is 0 Å². The van der Waals surface area contributed by atoms with E-state index in [1.165, 1.54) is 26.7 Å². The van der Waals surface area contributed by atoms with E-state index in [1.807, 2.05) is 12.1 Å². The number of hydrogen-bond donors (Lipinski definition) is 5. The van der Waals surface area contributed by atoms with E-state index in [0.717, 1.165) is 44.6 Å². The number of piperidine rings is 1. The van der Waals surface area contributed by atoms with Crippen LogP contribution in [0.4, 0.5) is 10.5 Å². The number of nitrogens with zero attached hydrogens (tertiary/aromatic N) is 1. The minimum atomic E-state index is -1.23. The van der Waals surface area contributed by atoms with Crippen LogP contribution in [0.25, 0.3) is 0 Å². The maximum atomic E-state index is 12.8. The molecule has 1 atom stereocenters. The number of nitrogens with one attached hydrogen (secondary N) is 3. The number of ether oxygens (including phenoxy) is 3. The minimum absolute atomic E-state index is 0.308. The number of methoxy groups -OCH3 is 3. The lowest BCUT2D eigenvalue weighted by molar-refractivity contribution is -0.145. The molecule has 49 heavy (non-hydrogen) atoms. The fourth-order valence-electron chi connectivity index (χ4n) is 5.95. The monoisotopic (exact) mass is 680 g/mol. The predicted octanol–water partition coefficient (Wildman–Crippen LogP) is 4.12. The molecule has 2 aromatic rings. The molecule has 0 spiro atoms. The molecule has 4 rings (SSSR count). The lowest BCUT2D eigenvalue weighted by Gasteiger charge is -2.32. The van der Waals surface area contributed by atoms with Crippen LogP contribution in [0.15, 0.2) is 71.1 Å².